The molecule has 4 heteroatoms. The lowest BCUT2D eigenvalue weighted by Gasteiger charge is -2.36. The number of piperazine rings is 1. The van der Waals surface area contributed by atoms with Gasteiger partial charge in [-0.25, -0.2) is 0 Å². The number of hydrogen-bond acceptors (Lipinski definition) is 3. The summed E-state index contributed by atoms with van der Waals surface area (Å²) in [6, 6.07) is 21.3. The average Bonchev–Trinajstić information content (AvgIpc) is 3.60. The third-order valence-electron chi connectivity index (χ3n) is 8.40. The Balaban J connectivity index is 1.03. The summed E-state index contributed by atoms with van der Waals surface area (Å²) in [5, 5.41) is 0. The first-order chi connectivity index (χ1) is 16.6. The lowest BCUT2D eigenvalue weighted by atomic mass is 9.89. The van der Waals surface area contributed by atoms with E-state index in [1.807, 2.05) is 6.07 Å². The van der Waals surface area contributed by atoms with E-state index in [4.69, 9.17) is 0 Å². The van der Waals surface area contributed by atoms with Crippen LogP contribution in [0.4, 0.5) is 0 Å². The van der Waals surface area contributed by atoms with Crippen LogP contribution in [0.1, 0.15) is 43.2 Å². The molecule has 2 aliphatic heterocycles. The van der Waals surface area contributed by atoms with Crippen LogP contribution in [0, 0.1) is 11.3 Å². The Kier molecular flexibility index (Phi) is 7.17. The van der Waals surface area contributed by atoms with Crippen molar-refractivity contribution in [2.24, 2.45) is 11.3 Å². The predicted octanol–water partition coefficient (Wildman–Crippen LogP) is 4.75. The highest BCUT2D eigenvalue weighted by molar-refractivity contribution is 5.83. The summed E-state index contributed by atoms with van der Waals surface area (Å²) in [5.41, 5.74) is 2.98. The number of amides is 1. The zero-order chi connectivity index (χ0) is 23.4. The summed E-state index contributed by atoms with van der Waals surface area (Å²) in [6.45, 7) is 10.4. The first kappa shape index (κ1) is 23.3. The van der Waals surface area contributed by atoms with Crippen LogP contribution >= 0.6 is 0 Å². The van der Waals surface area contributed by atoms with Crippen molar-refractivity contribution in [2.45, 2.75) is 32.1 Å². The Morgan fingerprint density at radius 1 is 0.912 bits per heavy atom. The third-order valence-corrected chi connectivity index (χ3v) is 8.40. The van der Waals surface area contributed by atoms with Gasteiger partial charge in [0.1, 0.15) is 0 Å². The maximum Gasteiger partial charge on any atom is 0.226 e. The molecule has 1 spiro atoms. The van der Waals surface area contributed by atoms with Gasteiger partial charge in [0.25, 0.3) is 0 Å². The van der Waals surface area contributed by atoms with Gasteiger partial charge in [-0.15, -0.1) is 0 Å². The molecule has 4 nitrogen and oxygen atoms in total. The number of hydrogen-bond donors (Lipinski definition) is 0. The molecule has 3 aliphatic rings. The van der Waals surface area contributed by atoms with Crippen molar-refractivity contribution in [3.8, 4) is 0 Å². The van der Waals surface area contributed by atoms with Crippen LogP contribution in [0.15, 0.2) is 66.7 Å². The topological polar surface area (TPSA) is 26.8 Å². The van der Waals surface area contributed by atoms with Crippen LogP contribution in [0.5, 0.6) is 0 Å². The zero-order valence-corrected chi connectivity index (χ0v) is 20.6. The molecule has 0 unspecified atom stereocenters. The number of rotatable bonds is 7. The molecule has 2 aromatic carbocycles. The minimum Gasteiger partial charge on any atom is -0.340 e. The molecule has 2 atom stereocenters. The Bertz CT molecular complexity index is 957. The summed E-state index contributed by atoms with van der Waals surface area (Å²) in [7, 11) is 0. The second-order valence-corrected chi connectivity index (χ2v) is 10.7. The minimum atomic E-state index is 0.283. The minimum absolute atomic E-state index is 0.283. The number of likely N-dealkylation sites (tertiary alicyclic amines) is 1. The fourth-order valence-electron chi connectivity index (χ4n) is 5.98. The summed E-state index contributed by atoms with van der Waals surface area (Å²) < 4.78 is 0. The van der Waals surface area contributed by atoms with Crippen molar-refractivity contribution in [3.05, 3.63) is 77.9 Å². The molecule has 1 aliphatic carbocycles. The van der Waals surface area contributed by atoms with Crippen molar-refractivity contribution in [1.29, 1.82) is 0 Å². The van der Waals surface area contributed by atoms with Gasteiger partial charge in [-0.1, -0.05) is 79.7 Å². The van der Waals surface area contributed by atoms with E-state index in [-0.39, 0.29) is 5.92 Å². The molecule has 2 aromatic rings. The molecule has 0 N–H and O–H groups in total. The number of carbonyl (C=O) groups is 1. The Labute approximate surface area is 205 Å². The van der Waals surface area contributed by atoms with Crippen molar-refractivity contribution in [1.82, 2.24) is 14.7 Å². The van der Waals surface area contributed by atoms with Crippen LogP contribution in [0.25, 0.3) is 6.08 Å². The van der Waals surface area contributed by atoms with Gasteiger partial charge in [0.2, 0.25) is 5.91 Å². The molecule has 1 saturated carbocycles. The summed E-state index contributed by atoms with van der Waals surface area (Å²) >= 11 is 0. The van der Waals surface area contributed by atoms with E-state index >= 15 is 0 Å². The standard InChI is InChI=1S/C30H39N3O/c1-25(27-12-6-3-7-13-27)24-32-17-14-30(15-18-32)23-28(30)29(34)33-21-19-31(20-22-33)16-8-11-26-9-4-2-5-10-26/h2-13,25,28H,14-24H2,1H3/b11-8+/t25-,28-/m0/s1. The van der Waals surface area contributed by atoms with Crippen LogP contribution in [0.2, 0.25) is 0 Å². The van der Waals surface area contributed by atoms with Gasteiger partial charge in [0.15, 0.2) is 0 Å². The summed E-state index contributed by atoms with van der Waals surface area (Å²) in [4.78, 5) is 20.5. The Hall–Kier alpha value is -2.43. The highest BCUT2D eigenvalue weighted by Crippen LogP contribution is 2.60. The third kappa shape index (κ3) is 5.45. The van der Waals surface area contributed by atoms with Crippen molar-refractivity contribution >= 4 is 12.0 Å². The van der Waals surface area contributed by atoms with E-state index in [2.05, 4.69) is 88.4 Å². The van der Waals surface area contributed by atoms with E-state index in [0.717, 1.165) is 58.8 Å². The molecule has 180 valence electrons. The summed E-state index contributed by atoms with van der Waals surface area (Å²) in [6.07, 6.45) is 7.94. The molecular weight excluding hydrogens is 418 g/mol. The number of nitrogens with zero attached hydrogens (tertiary/aromatic N) is 3. The van der Waals surface area contributed by atoms with Crippen LogP contribution in [0.3, 0.4) is 0 Å². The second-order valence-electron chi connectivity index (χ2n) is 10.7. The van der Waals surface area contributed by atoms with Crippen LogP contribution in [-0.2, 0) is 4.79 Å². The quantitative estimate of drug-likeness (QED) is 0.600. The van der Waals surface area contributed by atoms with Gasteiger partial charge in [-0.05, 0) is 54.8 Å². The van der Waals surface area contributed by atoms with E-state index in [9.17, 15) is 4.79 Å². The van der Waals surface area contributed by atoms with Gasteiger partial charge >= 0.3 is 0 Å². The molecule has 0 radical (unpaired) electrons. The maximum atomic E-state index is 13.3. The monoisotopic (exact) mass is 457 g/mol. The fraction of sp³-hybridized carbons (Fsp3) is 0.500. The van der Waals surface area contributed by atoms with Crippen molar-refractivity contribution in [3.63, 3.8) is 0 Å². The molecule has 1 amide bonds. The maximum absolute atomic E-state index is 13.3. The zero-order valence-electron chi connectivity index (χ0n) is 20.6. The fourth-order valence-corrected chi connectivity index (χ4v) is 5.98. The predicted molar refractivity (Wildman–Crippen MR) is 140 cm³/mol. The highest BCUT2D eigenvalue weighted by Gasteiger charge is 2.59. The highest BCUT2D eigenvalue weighted by atomic mass is 16.2. The molecule has 2 saturated heterocycles. The molecule has 5 rings (SSSR count). The normalized spacial score (nSPS) is 23.9. The van der Waals surface area contributed by atoms with Crippen LogP contribution < -0.4 is 0 Å². The Morgan fingerprint density at radius 2 is 1.56 bits per heavy atom. The first-order valence-corrected chi connectivity index (χ1v) is 13.1. The molecule has 3 fully saturated rings. The van der Waals surface area contributed by atoms with Crippen molar-refractivity contribution < 1.29 is 4.79 Å². The summed E-state index contributed by atoms with van der Waals surface area (Å²) in [5.74, 6) is 1.28. The second kappa shape index (κ2) is 10.5. The largest absolute Gasteiger partial charge is 0.340 e. The van der Waals surface area contributed by atoms with Crippen molar-refractivity contribution in [2.75, 3.05) is 52.4 Å². The number of piperidine rings is 1. The number of carbonyl (C=O) groups excluding carboxylic acids is 1. The van der Waals surface area contributed by atoms with Gasteiger partial charge in [-0.3, -0.25) is 9.69 Å². The molecule has 34 heavy (non-hydrogen) atoms. The van der Waals surface area contributed by atoms with E-state index in [0.29, 0.717) is 17.2 Å². The van der Waals surface area contributed by atoms with Gasteiger partial charge < -0.3 is 9.80 Å². The molecule has 2 heterocycles. The number of benzene rings is 2. The lowest BCUT2D eigenvalue weighted by Crippen LogP contribution is -2.49. The van der Waals surface area contributed by atoms with E-state index in [1.54, 1.807) is 0 Å². The first-order valence-electron chi connectivity index (χ1n) is 13.1. The smallest absolute Gasteiger partial charge is 0.226 e. The van der Waals surface area contributed by atoms with Crippen LogP contribution in [-0.4, -0.2) is 73.0 Å². The lowest BCUT2D eigenvalue weighted by molar-refractivity contribution is -0.135. The molecule has 0 aromatic heterocycles. The average molecular weight is 458 g/mol. The molecular formula is C30H39N3O. The molecule has 0 bridgehead atoms. The van der Waals surface area contributed by atoms with E-state index in [1.165, 1.54) is 24.0 Å². The van der Waals surface area contributed by atoms with Gasteiger partial charge in [-0.2, -0.15) is 0 Å². The van der Waals surface area contributed by atoms with Gasteiger partial charge in [0.05, 0.1) is 0 Å². The SMILES string of the molecule is C[C@@H](CN1CCC2(CC1)C[C@H]2C(=O)N1CCN(C/C=C/c2ccccc2)CC1)c1ccccc1. The van der Waals surface area contributed by atoms with E-state index < -0.39 is 0 Å². The Morgan fingerprint density at radius 3 is 2.24 bits per heavy atom. The van der Waals surface area contributed by atoms with Gasteiger partial charge in [0, 0.05) is 45.2 Å².